The van der Waals surface area contributed by atoms with Crippen molar-refractivity contribution in [2.75, 3.05) is 20.1 Å². The van der Waals surface area contributed by atoms with E-state index in [1.807, 2.05) is 32.7 Å². The summed E-state index contributed by atoms with van der Waals surface area (Å²) < 4.78 is 1.79. The van der Waals surface area contributed by atoms with Gasteiger partial charge in [-0.2, -0.15) is 0 Å². The SMILES string of the molecule is C[N+]1=C(C(=O)O)N(C(C)(C)C)CC1. The van der Waals surface area contributed by atoms with E-state index in [0.29, 0.717) is 5.84 Å². The van der Waals surface area contributed by atoms with Gasteiger partial charge in [0.25, 0.3) is 0 Å². The highest BCUT2D eigenvalue weighted by molar-refractivity contribution is 6.32. The van der Waals surface area contributed by atoms with Gasteiger partial charge in [-0.25, -0.2) is 9.69 Å². The van der Waals surface area contributed by atoms with Crippen molar-refractivity contribution in [1.29, 1.82) is 0 Å². The van der Waals surface area contributed by atoms with Gasteiger partial charge in [-0.15, -0.1) is 0 Å². The van der Waals surface area contributed by atoms with Crippen LogP contribution >= 0.6 is 0 Å². The number of amidine groups is 1. The fourth-order valence-electron chi connectivity index (χ4n) is 1.60. The maximum absolute atomic E-state index is 10.9. The molecule has 0 spiro atoms. The van der Waals surface area contributed by atoms with E-state index in [9.17, 15) is 4.79 Å². The molecule has 1 rings (SSSR count). The summed E-state index contributed by atoms with van der Waals surface area (Å²) >= 11 is 0. The van der Waals surface area contributed by atoms with Gasteiger partial charge in [0.1, 0.15) is 13.1 Å². The van der Waals surface area contributed by atoms with Crippen LogP contribution in [0.4, 0.5) is 0 Å². The van der Waals surface area contributed by atoms with Crippen molar-refractivity contribution >= 4 is 11.8 Å². The summed E-state index contributed by atoms with van der Waals surface area (Å²) in [5.74, 6) is -0.428. The molecule has 0 aromatic carbocycles. The van der Waals surface area contributed by atoms with Crippen molar-refractivity contribution in [3.63, 3.8) is 0 Å². The average Bonchev–Trinajstić information content (AvgIpc) is 2.28. The molecule has 0 radical (unpaired) electrons. The van der Waals surface area contributed by atoms with Gasteiger partial charge in [0.05, 0.1) is 12.6 Å². The van der Waals surface area contributed by atoms with Crippen molar-refractivity contribution in [2.24, 2.45) is 0 Å². The predicted molar refractivity (Wildman–Crippen MR) is 50.2 cm³/mol. The van der Waals surface area contributed by atoms with Gasteiger partial charge in [0, 0.05) is 0 Å². The topological polar surface area (TPSA) is 43.6 Å². The van der Waals surface area contributed by atoms with Crippen molar-refractivity contribution in [3.8, 4) is 0 Å². The van der Waals surface area contributed by atoms with E-state index in [-0.39, 0.29) is 5.54 Å². The normalized spacial score (nSPS) is 18.3. The maximum Gasteiger partial charge on any atom is 0.418 e. The predicted octanol–water partition coefficient (Wildman–Crippen LogP) is 0.226. The molecule has 1 heterocycles. The van der Waals surface area contributed by atoms with E-state index < -0.39 is 5.97 Å². The summed E-state index contributed by atoms with van der Waals surface area (Å²) in [6.07, 6.45) is 0. The summed E-state index contributed by atoms with van der Waals surface area (Å²) in [5, 5.41) is 9.00. The summed E-state index contributed by atoms with van der Waals surface area (Å²) in [6.45, 7) is 7.65. The molecular weight excluding hydrogens is 168 g/mol. The highest BCUT2D eigenvalue weighted by Crippen LogP contribution is 2.16. The van der Waals surface area contributed by atoms with Crippen LogP contribution in [-0.2, 0) is 4.79 Å². The van der Waals surface area contributed by atoms with E-state index in [1.54, 1.807) is 4.58 Å². The number of carboxylic acids is 1. The molecule has 0 amide bonds. The molecule has 13 heavy (non-hydrogen) atoms. The highest BCUT2D eigenvalue weighted by Gasteiger charge is 2.41. The van der Waals surface area contributed by atoms with Crippen LogP contribution in [0, 0.1) is 0 Å². The third-order valence-electron chi connectivity index (χ3n) is 2.28. The van der Waals surface area contributed by atoms with Gasteiger partial charge in [-0.1, -0.05) is 0 Å². The van der Waals surface area contributed by atoms with Crippen LogP contribution in [0.2, 0.25) is 0 Å². The van der Waals surface area contributed by atoms with E-state index in [1.165, 1.54) is 0 Å². The zero-order chi connectivity index (χ0) is 10.2. The monoisotopic (exact) mass is 185 g/mol. The minimum Gasteiger partial charge on any atom is -0.472 e. The molecule has 1 aliphatic heterocycles. The minimum absolute atomic E-state index is 0.113. The number of carbonyl (C=O) groups is 1. The third kappa shape index (κ3) is 1.82. The Morgan fingerprint density at radius 3 is 2.38 bits per heavy atom. The molecule has 0 aromatic heterocycles. The smallest absolute Gasteiger partial charge is 0.418 e. The Labute approximate surface area is 78.5 Å². The number of carboxylic acid groups (broad SMARTS) is 1. The van der Waals surface area contributed by atoms with Crippen LogP contribution in [-0.4, -0.2) is 52.1 Å². The molecule has 1 aliphatic rings. The standard InChI is InChI=1S/C9H16N2O2/c1-9(2,3)11-6-5-10(4)7(11)8(12)13/h5-6H2,1-4H3/p+1. The Hall–Kier alpha value is -1.06. The Bertz CT molecular complexity index is 263. The minimum atomic E-state index is -0.838. The molecule has 0 bridgehead atoms. The van der Waals surface area contributed by atoms with Crippen molar-refractivity contribution in [3.05, 3.63) is 0 Å². The van der Waals surface area contributed by atoms with Crippen LogP contribution in [0.5, 0.6) is 0 Å². The summed E-state index contributed by atoms with van der Waals surface area (Å²) in [6, 6.07) is 0. The Kier molecular flexibility index (Phi) is 2.32. The second kappa shape index (κ2) is 3.01. The fraction of sp³-hybridized carbons (Fsp3) is 0.778. The van der Waals surface area contributed by atoms with Crippen LogP contribution in [0.3, 0.4) is 0 Å². The van der Waals surface area contributed by atoms with Gasteiger partial charge < -0.3 is 5.11 Å². The largest absolute Gasteiger partial charge is 0.472 e. The zero-order valence-electron chi connectivity index (χ0n) is 8.66. The van der Waals surface area contributed by atoms with Gasteiger partial charge >= 0.3 is 11.8 Å². The highest BCUT2D eigenvalue weighted by atomic mass is 16.4. The number of aliphatic carboxylic acids is 1. The van der Waals surface area contributed by atoms with Crippen molar-refractivity contribution < 1.29 is 14.5 Å². The van der Waals surface area contributed by atoms with Crippen molar-refractivity contribution in [2.45, 2.75) is 26.3 Å². The number of hydrogen-bond donors (Lipinski definition) is 1. The molecule has 0 aliphatic carbocycles. The second-order valence-electron chi connectivity index (χ2n) is 4.37. The number of likely N-dealkylation sites (N-methyl/N-ethyl adjacent to an activating group) is 1. The van der Waals surface area contributed by atoms with E-state index in [4.69, 9.17) is 5.11 Å². The first-order valence-electron chi connectivity index (χ1n) is 4.43. The molecule has 0 aromatic rings. The van der Waals surface area contributed by atoms with Gasteiger partial charge in [-0.05, 0) is 20.8 Å². The molecule has 0 atom stereocenters. The van der Waals surface area contributed by atoms with Crippen LogP contribution in [0.25, 0.3) is 0 Å². The number of hydrogen-bond acceptors (Lipinski definition) is 2. The lowest BCUT2D eigenvalue weighted by molar-refractivity contribution is -0.486. The molecule has 0 fully saturated rings. The maximum atomic E-state index is 10.9. The van der Waals surface area contributed by atoms with Crippen LogP contribution in [0.15, 0.2) is 0 Å². The Morgan fingerprint density at radius 2 is 2.08 bits per heavy atom. The molecule has 4 heteroatoms. The first-order valence-corrected chi connectivity index (χ1v) is 4.43. The molecule has 4 nitrogen and oxygen atoms in total. The van der Waals surface area contributed by atoms with E-state index >= 15 is 0 Å². The van der Waals surface area contributed by atoms with Gasteiger partial charge in [-0.3, -0.25) is 4.58 Å². The van der Waals surface area contributed by atoms with Crippen LogP contribution < -0.4 is 0 Å². The summed E-state index contributed by atoms with van der Waals surface area (Å²) in [7, 11) is 1.81. The first-order chi connectivity index (χ1) is 5.84. The zero-order valence-corrected chi connectivity index (χ0v) is 8.66. The van der Waals surface area contributed by atoms with Crippen molar-refractivity contribution in [1.82, 2.24) is 4.90 Å². The lowest BCUT2D eigenvalue weighted by Gasteiger charge is -2.25. The Balaban J connectivity index is 2.99. The lowest BCUT2D eigenvalue weighted by Crippen LogP contribution is -2.47. The molecule has 1 N–H and O–H groups in total. The first kappa shape index (κ1) is 10.0. The van der Waals surface area contributed by atoms with E-state index in [2.05, 4.69) is 0 Å². The summed E-state index contributed by atoms with van der Waals surface area (Å²) in [4.78, 5) is 12.9. The molecule has 0 saturated heterocycles. The van der Waals surface area contributed by atoms with Crippen LogP contribution in [0.1, 0.15) is 20.8 Å². The quantitative estimate of drug-likeness (QED) is 0.594. The molecule has 74 valence electrons. The Morgan fingerprint density at radius 1 is 1.54 bits per heavy atom. The molecular formula is C9H17N2O2+. The van der Waals surface area contributed by atoms with E-state index in [0.717, 1.165) is 13.1 Å². The summed E-state index contributed by atoms with van der Waals surface area (Å²) in [5.41, 5.74) is -0.113. The lowest BCUT2D eigenvalue weighted by atomic mass is 10.1. The molecule has 0 saturated carbocycles. The average molecular weight is 185 g/mol. The molecule has 0 unspecified atom stereocenters. The number of nitrogens with zero attached hydrogens (tertiary/aromatic N) is 2. The second-order valence-corrected chi connectivity index (χ2v) is 4.37. The third-order valence-corrected chi connectivity index (χ3v) is 2.28. The fourth-order valence-corrected chi connectivity index (χ4v) is 1.60. The number of rotatable bonds is 1. The van der Waals surface area contributed by atoms with Gasteiger partial charge in [0.15, 0.2) is 0 Å². The van der Waals surface area contributed by atoms with Gasteiger partial charge in [0.2, 0.25) is 0 Å².